The van der Waals surface area contributed by atoms with Crippen LogP contribution in [0.1, 0.15) is 44.1 Å². The Labute approximate surface area is 212 Å². The van der Waals surface area contributed by atoms with Crippen molar-refractivity contribution >= 4 is 28.6 Å². The van der Waals surface area contributed by atoms with Crippen molar-refractivity contribution in [1.82, 2.24) is 24.3 Å². The van der Waals surface area contributed by atoms with E-state index >= 15 is 0 Å². The van der Waals surface area contributed by atoms with Gasteiger partial charge >= 0.3 is 0 Å². The van der Waals surface area contributed by atoms with Crippen LogP contribution in [0, 0.1) is 17.7 Å². The van der Waals surface area contributed by atoms with Crippen LogP contribution in [0.4, 0.5) is 16.0 Å². The van der Waals surface area contributed by atoms with Crippen molar-refractivity contribution in [1.29, 1.82) is 0 Å². The number of nitrogens with one attached hydrogen (secondary N) is 1. The fraction of sp³-hybridized carbons (Fsp3) is 0.519. The number of halogens is 1. The molecule has 1 fully saturated rings. The molecule has 0 saturated heterocycles. The lowest BCUT2D eigenvalue weighted by Gasteiger charge is -2.53. The quantitative estimate of drug-likeness (QED) is 0.461. The van der Waals surface area contributed by atoms with Gasteiger partial charge in [-0.3, -0.25) is 4.79 Å². The number of likely N-dealkylation sites (N-methyl/N-ethyl adjacent to an activating group) is 1. The molecule has 0 bridgehead atoms. The molecule has 0 aliphatic heterocycles. The number of benzene rings is 1. The zero-order chi connectivity index (χ0) is 26.2. The number of aromatic nitrogens is 3. The fourth-order valence-electron chi connectivity index (χ4n) is 5.20. The van der Waals surface area contributed by atoms with Gasteiger partial charge in [0.15, 0.2) is 11.6 Å². The summed E-state index contributed by atoms with van der Waals surface area (Å²) in [7, 11) is 7.40. The first kappa shape index (κ1) is 25.9. The Bertz CT molecular complexity index is 1250. The third-order valence-electron chi connectivity index (χ3n) is 7.40. The molecule has 194 valence electrons. The van der Waals surface area contributed by atoms with Crippen molar-refractivity contribution in [3.63, 3.8) is 0 Å². The minimum absolute atomic E-state index is 0.0615. The molecule has 0 spiro atoms. The van der Waals surface area contributed by atoms with E-state index in [1.807, 2.05) is 25.1 Å². The molecular formula is C27H37FN6O2. The number of fused-ring (bicyclic) bond motifs is 1. The van der Waals surface area contributed by atoms with Gasteiger partial charge in [0.25, 0.3) is 5.91 Å². The standard InChI is InChI=1S/C27H37FN6O2/c1-17(2)27(11-10-18(27)3)34-22(25(35)33(6)7)14-19-16-29-26(31-24(19)34)30-20-8-9-23(21(28)15-20)36-13-12-32(4)5/h8-9,14-18H,10-13H2,1-7H3,(H,29,30,31)/t18-,27?/m1/s1. The highest BCUT2D eigenvalue weighted by Crippen LogP contribution is 2.52. The Morgan fingerprint density at radius 1 is 1.28 bits per heavy atom. The van der Waals surface area contributed by atoms with Crippen molar-refractivity contribution in [3.05, 3.63) is 42.0 Å². The van der Waals surface area contributed by atoms with Crippen LogP contribution >= 0.6 is 0 Å². The first-order valence-electron chi connectivity index (χ1n) is 12.5. The maximum atomic E-state index is 14.6. The predicted octanol–water partition coefficient (Wildman–Crippen LogP) is 4.74. The number of hydrogen-bond donors (Lipinski definition) is 1. The maximum absolute atomic E-state index is 14.6. The van der Waals surface area contributed by atoms with Gasteiger partial charge < -0.3 is 24.4 Å². The number of anilines is 2. The second kappa shape index (κ2) is 10.0. The number of nitrogens with zero attached hydrogens (tertiary/aromatic N) is 5. The van der Waals surface area contributed by atoms with Crippen LogP contribution in [0.15, 0.2) is 30.5 Å². The summed E-state index contributed by atoms with van der Waals surface area (Å²) >= 11 is 0. The van der Waals surface area contributed by atoms with E-state index in [0.717, 1.165) is 18.2 Å². The van der Waals surface area contributed by atoms with Gasteiger partial charge in [-0.05, 0) is 57.0 Å². The van der Waals surface area contributed by atoms with Crippen molar-refractivity contribution < 1.29 is 13.9 Å². The topological polar surface area (TPSA) is 75.5 Å². The molecule has 36 heavy (non-hydrogen) atoms. The molecule has 2 heterocycles. The number of rotatable bonds is 9. The van der Waals surface area contributed by atoms with E-state index in [1.54, 1.807) is 37.3 Å². The first-order valence-corrected chi connectivity index (χ1v) is 12.5. The molecule has 2 atom stereocenters. The number of carbonyl (C=O) groups excluding carboxylic acids is 1. The monoisotopic (exact) mass is 496 g/mol. The highest BCUT2D eigenvalue weighted by molar-refractivity contribution is 5.98. The normalized spacial score (nSPS) is 19.6. The highest BCUT2D eigenvalue weighted by atomic mass is 19.1. The largest absolute Gasteiger partial charge is 0.489 e. The van der Waals surface area contributed by atoms with E-state index < -0.39 is 5.82 Å². The summed E-state index contributed by atoms with van der Waals surface area (Å²) in [4.78, 5) is 26.0. The predicted molar refractivity (Wildman–Crippen MR) is 140 cm³/mol. The molecule has 1 amide bonds. The van der Waals surface area contributed by atoms with Crippen LogP contribution in [-0.2, 0) is 5.54 Å². The Balaban J connectivity index is 1.70. The first-order chi connectivity index (χ1) is 17.0. The third kappa shape index (κ3) is 4.64. The summed E-state index contributed by atoms with van der Waals surface area (Å²) in [6.45, 7) is 7.75. The van der Waals surface area contributed by atoms with Gasteiger partial charge in [-0.25, -0.2) is 9.37 Å². The van der Waals surface area contributed by atoms with E-state index in [0.29, 0.717) is 48.0 Å². The SMILES string of the molecule is CC(C)C1(n2c(C(=O)N(C)C)cc3cnc(Nc4ccc(OCCN(C)C)c(F)c4)nc32)CC[C@H]1C. The van der Waals surface area contributed by atoms with Crippen molar-refractivity contribution in [2.45, 2.75) is 39.2 Å². The summed E-state index contributed by atoms with van der Waals surface area (Å²) in [5, 5.41) is 3.93. The summed E-state index contributed by atoms with van der Waals surface area (Å²) in [6.07, 6.45) is 3.81. The average Bonchev–Trinajstić information content (AvgIpc) is 3.17. The van der Waals surface area contributed by atoms with E-state index in [1.165, 1.54) is 6.07 Å². The number of amides is 1. The minimum Gasteiger partial charge on any atom is -0.489 e. The second-order valence-corrected chi connectivity index (χ2v) is 10.5. The Morgan fingerprint density at radius 2 is 2.03 bits per heavy atom. The fourth-order valence-corrected chi connectivity index (χ4v) is 5.20. The lowest BCUT2D eigenvalue weighted by Crippen LogP contribution is -2.53. The smallest absolute Gasteiger partial charge is 0.270 e. The summed E-state index contributed by atoms with van der Waals surface area (Å²) in [5.74, 6) is 0.751. The molecule has 0 radical (unpaired) electrons. The molecule has 1 saturated carbocycles. The minimum atomic E-state index is -0.455. The van der Waals surface area contributed by atoms with Crippen LogP contribution in [-0.4, -0.2) is 71.6 Å². The molecular weight excluding hydrogens is 459 g/mol. The number of carbonyl (C=O) groups is 1. The van der Waals surface area contributed by atoms with Gasteiger partial charge in [-0.2, -0.15) is 4.98 Å². The molecule has 9 heteroatoms. The summed E-state index contributed by atoms with van der Waals surface area (Å²) < 4.78 is 22.3. The van der Waals surface area contributed by atoms with Gasteiger partial charge in [0, 0.05) is 44.0 Å². The zero-order valence-corrected chi connectivity index (χ0v) is 22.3. The summed E-state index contributed by atoms with van der Waals surface area (Å²) in [6, 6.07) is 6.61. The van der Waals surface area contributed by atoms with Gasteiger partial charge in [0.2, 0.25) is 5.95 Å². The molecule has 8 nitrogen and oxygen atoms in total. The molecule has 1 aliphatic rings. The molecule has 3 aromatic rings. The second-order valence-electron chi connectivity index (χ2n) is 10.5. The number of ether oxygens (including phenoxy) is 1. The van der Waals surface area contributed by atoms with Crippen molar-refractivity contribution in [2.24, 2.45) is 11.8 Å². The van der Waals surface area contributed by atoms with E-state index in [-0.39, 0.29) is 17.2 Å². The molecule has 1 aromatic carbocycles. The third-order valence-corrected chi connectivity index (χ3v) is 7.40. The Kier molecular flexibility index (Phi) is 7.22. The Hall–Kier alpha value is -3.20. The lowest BCUT2D eigenvalue weighted by atomic mass is 9.61. The van der Waals surface area contributed by atoms with Gasteiger partial charge in [0.05, 0.1) is 5.54 Å². The van der Waals surface area contributed by atoms with Crippen molar-refractivity contribution in [3.8, 4) is 5.75 Å². The van der Waals surface area contributed by atoms with Gasteiger partial charge in [-0.1, -0.05) is 20.8 Å². The lowest BCUT2D eigenvalue weighted by molar-refractivity contribution is 0.00799. The molecule has 1 unspecified atom stereocenters. The van der Waals surface area contributed by atoms with E-state index in [4.69, 9.17) is 9.72 Å². The maximum Gasteiger partial charge on any atom is 0.270 e. The molecule has 1 N–H and O–H groups in total. The van der Waals surface area contributed by atoms with Gasteiger partial charge in [-0.15, -0.1) is 0 Å². The molecule has 2 aromatic heterocycles. The molecule has 1 aliphatic carbocycles. The van der Waals surface area contributed by atoms with Gasteiger partial charge in [0.1, 0.15) is 17.9 Å². The van der Waals surface area contributed by atoms with Crippen LogP contribution in [0.25, 0.3) is 11.0 Å². The summed E-state index contributed by atoms with van der Waals surface area (Å²) in [5.41, 5.74) is 1.64. The highest BCUT2D eigenvalue weighted by Gasteiger charge is 2.50. The van der Waals surface area contributed by atoms with Crippen LogP contribution in [0.2, 0.25) is 0 Å². The molecule has 4 rings (SSSR count). The average molecular weight is 497 g/mol. The number of hydrogen-bond acceptors (Lipinski definition) is 6. The van der Waals surface area contributed by atoms with E-state index in [9.17, 15) is 9.18 Å². The van der Waals surface area contributed by atoms with Crippen LogP contribution in [0.3, 0.4) is 0 Å². The van der Waals surface area contributed by atoms with Crippen LogP contribution in [0.5, 0.6) is 5.75 Å². The van der Waals surface area contributed by atoms with Crippen molar-refractivity contribution in [2.75, 3.05) is 46.7 Å². The zero-order valence-electron chi connectivity index (χ0n) is 22.3. The van der Waals surface area contributed by atoms with Crippen LogP contribution < -0.4 is 10.1 Å². The van der Waals surface area contributed by atoms with E-state index in [2.05, 4.69) is 35.6 Å². The Morgan fingerprint density at radius 3 is 2.58 bits per heavy atom.